The van der Waals surface area contributed by atoms with Crippen LogP contribution in [-0.4, -0.2) is 43.2 Å². The van der Waals surface area contributed by atoms with Crippen molar-refractivity contribution in [1.82, 2.24) is 4.90 Å². The van der Waals surface area contributed by atoms with E-state index in [0.717, 1.165) is 24.9 Å². The van der Waals surface area contributed by atoms with Crippen LogP contribution in [0.15, 0.2) is 24.3 Å². The summed E-state index contributed by atoms with van der Waals surface area (Å²) in [5.74, 6) is 1.49. The van der Waals surface area contributed by atoms with Gasteiger partial charge in [0, 0.05) is 25.3 Å². The van der Waals surface area contributed by atoms with E-state index in [2.05, 4.69) is 41.0 Å². The molecule has 0 saturated carbocycles. The Balaban J connectivity index is 1.77. The average Bonchev–Trinajstić information content (AvgIpc) is 2.54. The molecular formula is C18H27N3. The van der Waals surface area contributed by atoms with Crippen LogP contribution >= 0.6 is 0 Å². The molecule has 3 saturated heterocycles. The number of piperidine rings is 3. The Morgan fingerprint density at radius 3 is 2.67 bits per heavy atom. The summed E-state index contributed by atoms with van der Waals surface area (Å²) in [6.07, 6.45) is 3.86. The van der Waals surface area contributed by atoms with E-state index in [9.17, 15) is 0 Å². The molecule has 2 atom stereocenters. The second-order valence-electron chi connectivity index (χ2n) is 7.41. The summed E-state index contributed by atoms with van der Waals surface area (Å²) in [5.41, 5.74) is 9.53. The summed E-state index contributed by atoms with van der Waals surface area (Å²) < 4.78 is 0. The number of hydrogen-bond donors (Lipinski definition) is 1. The largest absolute Gasteiger partial charge is 0.362 e. The molecule has 0 spiro atoms. The predicted octanol–water partition coefficient (Wildman–Crippen LogP) is 2.11. The van der Waals surface area contributed by atoms with Crippen LogP contribution < -0.4 is 10.6 Å². The molecule has 0 aromatic heterocycles. The third-order valence-corrected chi connectivity index (χ3v) is 6.08. The molecule has 3 fully saturated rings. The molecule has 4 aliphatic rings. The second kappa shape index (κ2) is 4.99. The maximum atomic E-state index is 6.39. The normalized spacial score (nSPS) is 38.4. The zero-order valence-electron chi connectivity index (χ0n) is 13.1. The summed E-state index contributed by atoms with van der Waals surface area (Å²) >= 11 is 0. The van der Waals surface area contributed by atoms with Crippen LogP contribution in [0, 0.1) is 11.8 Å². The minimum atomic E-state index is 0.168. The van der Waals surface area contributed by atoms with Gasteiger partial charge in [0.15, 0.2) is 0 Å². The quantitative estimate of drug-likeness (QED) is 0.903. The molecule has 114 valence electrons. The molecule has 4 aliphatic heterocycles. The van der Waals surface area contributed by atoms with E-state index >= 15 is 0 Å². The molecule has 1 aromatic rings. The first-order valence-electron chi connectivity index (χ1n) is 8.51. The number of nitrogens with two attached hydrogens (primary N) is 1. The fourth-order valence-corrected chi connectivity index (χ4v) is 5.01. The molecule has 0 aliphatic carbocycles. The van der Waals surface area contributed by atoms with Gasteiger partial charge in [-0.2, -0.15) is 0 Å². The van der Waals surface area contributed by atoms with E-state index in [0.29, 0.717) is 0 Å². The second-order valence-corrected chi connectivity index (χ2v) is 7.41. The van der Waals surface area contributed by atoms with E-state index < -0.39 is 0 Å². The third-order valence-electron chi connectivity index (χ3n) is 6.08. The van der Waals surface area contributed by atoms with E-state index in [-0.39, 0.29) is 5.54 Å². The molecule has 3 nitrogen and oxygen atoms in total. The molecule has 3 heteroatoms. The van der Waals surface area contributed by atoms with E-state index in [1.807, 2.05) is 0 Å². The van der Waals surface area contributed by atoms with Gasteiger partial charge in [-0.3, -0.25) is 0 Å². The van der Waals surface area contributed by atoms with Crippen LogP contribution in [0.2, 0.25) is 0 Å². The number of nitrogens with zero attached hydrogens (tertiary/aromatic N) is 2. The van der Waals surface area contributed by atoms with Crippen LogP contribution in [0.25, 0.3) is 0 Å². The minimum absolute atomic E-state index is 0.168. The topological polar surface area (TPSA) is 32.5 Å². The Morgan fingerprint density at radius 2 is 2.00 bits per heavy atom. The van der Waals surface area contributed by atoms with Crippen molar-refractivity contribution in [3.8, 4) is 0 Å². The van der Waals surface area contributed by atoms with E-state index in [1.54, 1.807) is 0 Å². The lowest BCUT2D eigenvalue weighted by Crippen LogP contribution is -2.71. The highest BCUT2D eigenvalue weighted by Gasteiger charge is 2.50. The first kappa shape index (κ1) is 13.6. The van der Waals surface area contributed by atoms with Gasteiger partial charge >= 0.3 is 0 Å². The molecule has 4 heterocycles. The standard InChI is InChI=1S/C18H27N3/c1-14-10-15-4-2-3-5-17(15)21(11-14)18(12-19)13-20-8-6-16(18)7-9-20/h2-5,14,16H,6-13,19H2,1H3. The van der Waals surface area contributed by atoms with Gasteiger partial charge in [0.1, 0.15) is 0 Å². The Morgan fingerprint density at radius 1 is 1.24 bits per heavy atom. The van der Waals surface area contributed by atoms with Crippen molar-refractivity contribution in [2.24, 2.45) is 17.6 Å². The van der Waals surface area contributed by atoms with Crippen molar-refractivity contribution in [1.29, 1.82) is 0 Å². The summed E-state index contributed by atoms with van der Waals surface area (Å²) in [4.78, 5) is 5.33. The van der Waals surface area contributed by atoms with Crippen LogP contribution in [-0.2, 0) is 6.42 Å². The van der Waals surface area contributed by atoms with Gasteiger partial charge in [0.05, 0.1) is 5.54 Å². The Kier molecular flexibility index (Phi) is 3.23. The summed E-state index contributed by atoms with van der Waals surface area (Å²) in [5, 5.41) is 0. The summed E-state index contributed by atoms with van der Waals surface area (Å²) in [6.45, 7) is 8.05. The minimum Gasteiger partial charge on any atom is -0.362 e. The van der Waals surface area contributed by atoms with Crippen LogP contribution in [0.3, 0.4) is 0 Å². The number of para-hydroxylation sites is 1. The van der Waals surface area contributed by atoms with Gasteiger partial charge < -0.3 is 15.5 Å². The lowest BCUT2D eigenvalue weighted by molar-refractivity contribution is 0.0258. The molecule has 1 aromatic carbocycles. The van der Waals surface area contributed by atoms with Crippen LogP contribution in [0.1, 0.15) is 25.3 Å². The SMILES string of the molecule is CC1Cc2ccccc2N(C2(CN)CN3CCC2CC3)C1. The van der Waals surface area contributed by atoms with Gasteiger partial charge in [-0.05, 0) is 55.8 Å². The Bertz CT molecular complexity index is 521. The highest BCUT2D eigenvalue weighted by Crippen LogP contribution is 2.44. The number of fused-ring (bicyclic) bond motifs is 4. The van der Waals surface area contributed by atoms with E-state index in [1.165, 1.54) is 50.1 Å². The molecule has 5 rings (SSSR count). The Hall–Kier alpha value is -1.06. The van der Waals surface area contributed by atoms with Crippen molar-refractivity contribution in [3.63, 3.8) is 0 Å². The maximum Gasteiger partial charge on any atom is 0.0679 e. The van der Waals surface area contributed by atoms with Gasteiger partial charge in [-0.15, -0.1) is 0 Å². The Labute approximate surface area is 128 Å². The van der Waals surface area contributed by atoms with Crippen molar-refractivity contribution >= 4 is 5.69 Å². The van der Waals surface area contributed by atoms with Crippen molar-refractivity contribution in [2.75, 3.05) is 37.6 Å². The van der Waals surface area contributed by atoms with Gasteiger partial charge in [-0.25, -0.2) is 0 Å². The fraction of sp³-hybridized carbons (Fsp3) is 0.667. The molecular weight excluding hydrogens is 258 g/mol. The lowest BCUT2D eigenvalue weighted by atomic mass is 9.70. The van der Waals surface area contributed by atoms with Gasteiger partial charge in [-0.1, -0.05) is 25.1 Å². The van der Waals surface area contributed by atoms with Gasteiger partial charge in [0.25, 0.3) is 0 Å². The molecule has 2 unspecified atom stereocenters. The predicted molar refractivity (Wildman–Crippen MR) is 87.6 cm³/mol. The average molecular weight is 285 g/mol. The third kappa shape index (κ3) is 2.01. The van der Waals surface area contributed by atoms with Crippen LogP contribution in [0.4, 0.5) is 5.69 Å². The fourth-order valence-electron chi connectivity index (χ4n) is 5.01. The monoisotopic (exact) mass is 285 g/mol. The number of benzene rings is 1. The van der Waals surface area contributed by atoms with Gasteiger partial charge in [0.2, 0.25) is 0 Å². The van der Waals surface area contributed by atoms with Crippen LogP contribution in [0.5, 0.6) is 0 Å². The first-order chi connectivity index (χ1) is 10.2. The highest BCUT2D eigenvalue weighted by atomic mass is 15.3. The van der Waals surface area contributed by atoms with Crippen molar-refractivity contribution in [3.05, 3.63) is 29.8 Å². The molecule has 2 N–H and O–H groups in total. The number of rotatable bonds is 2. The number of anilines is 1. The lowest BCUT2D eigenvalue weighted by Gasteiger charge is -2.60. The summed E-state index contributed by atoms with van der Waals surface area (Å²) in [7, 11) is 0. The zero-order chi connectivity index (χ0) is 14.4. The first-order valence-corrected chi connectivity index (χ1v) is 8.51. The smallest absolute Gasteiger partial charge is 0.0679 e. The van der Waals surface area contributed by atoms with Crippen molar-refractivity contribution < 1.29 is 0 Å². The highest BCUT2D eigenvalue weighted by molar-refractivity contribution is 5.58. The van der Waals surface area contributed by atoms with E-state index in [4.69, 9.17) is 5.73 Å². The maximum absolute atomic E-state index is 6.39. The number of hydrogen-bond acceptors (Lipinski definition) is 3. The molecule has 2 bridgehead atoms. The molecule has 21 heavy (non-hydrogen) atoms. The molecule has 0 amide bonds. The van der Waals surface area contributed by atoms with Crippen molar-refractivity contribution in [2.45, 2.75) is 31.7 Å². The zero-order valence-corrected chi connectivity index (χ0v) is 13.1. The molecule has 0 radical (unpaired) electrons. The summed E-state index contributed by atoms with van der Waals surface area (Å²) in [6, 6.07) is 8.99.